The Morgan fingerprint density at radius 1 is 1.35 bits per heavy atom. The van der Waals surface area contributed by atoms with Crippen molar-refractivity contribution in [2.24, 2.45) is 11.8 Å². The van der Waals surface area contributed by atoms with Crippen LogP contribution < -0.4 is 5.32 Å². The van der Waals surface area contributed by atoms with Crippen LogP contribution in [-0.2, 0) is 9.47 Å². The Labute approximate surface area is 123 Å². The predicted molar refractivity (Wildman–Crippen MR) is 80.9 cm³/mol. The average Bonchev–Trinajstić information content (AvgIpc) is 2.39. The van der Waals surface area contributed by atoms with Gasteiger partial charge in [0.15, 0.2) is 0 Å². The van der Waals surface area contributed by atoms with E-state index in [1.54, 1.807) is 0 Å². The molecule has 20 heavy (non-hydrogen) atoms. The molecule has 0 amide bonds. The third-order valence-corrected chi connectivity index (χ3v) is 5.92. The summed E-state index contributed by atoms with van der Waals surface area (Å²) in [5, 5.41) is 3.61. The molecule has 2 saturated carbocycles. The van der Waals surface area contributed by atoms with Crippen molar-refractivity contribution in [2.75, 3.05) is 20.3 Å². The maximum Gasteiger partial charge on any atom is 0.0685 e. The van der Waals surface area contributed by atoms with E-state index in [0.717, 1.165) is 25.0 Å². The molecule has 0 radical (unpaired) electrons. The van der Waals surface area contributed by atoms with Crippen LogP contribution in [0.3, 0.4) is 0 Å². The van der Waals surface area contributed by atoms with Gasteiger partial charge >= 0.3 is 0 Å². The summed E-state index contributed by atoms with van der Waals surface area (Å²) in [6, 6.07) is 0.684. The highest BCUT2D eigenvalue weighted by Crippen LogP contribution is 2.46. The van der Waals surface area contributed by atoms with Gasteiger partial charge in [0.1, 0.15) is 0 Å². The first-order valence-corrected chi connectivity index (χ1v) is 8.67. The average molecular weight is 281 g/mol. The standard InChI is InChI=1S/C17H31NO2/c1-3-19-15-9-13(10-15)11-16(18-2)14-5-8-20-17(12-14)6-4-7-17/h13-16,18H,3-12H2,1-2H3. The second-order valence-electron chi connectivity index (χ2n) is 7.18. The molecule has 3 nitrogen and oxygen atoms in total. The summed E-state index contributed by atoms with van der Waals surface area (Å²) in [5.41, 5.74) is 0.283. The van der Waals surface area contributed by atoms with E-state index >= 15 is 0 Å². The molecule has 1 N–H and O–H groups in total. The van der Waals surface area contributed by atoms with E-state index < -0.39 is 0 Å². The molecule has 0 aromatic heterocycles. The summed E-state index contributed by atoms with van der Waals surface area (Å²) < 4.78 is 11.8. The lowest BCUT2D eigenvalue weighted by molar-refractivity contribution is -0.148. The van der Waals surface area contributed by atoms with E-state index in [9.17, 15) is 0 Å². The third-order valence-electron chi connectivity index (χ3n) is 5.92. The van der Waals surface area contributed by atoms with Crippen molar-refractivity contribution in [3.63, 3.8) is 0 Å². The minimum Gasteiger partial charge on any atom is -0.378 e. The molecule has 2 unspecified atom stereocenters. The van der Waals surface area contributed by atoms with Gasteiger partial charge in [-0.15, -0.1) is 0 Å². The molecule has 1 saturated heterocycles. The summed E-state index contributed by atoms with van der Waals surface area (Å²) in [5.74, 6) is 1.70. The topological polar surface area (TPSA) is 30.5 Å². The first-order valence-electron chi connectivity index (χ1n) is 8.67. The van der Waals surface area contributed by atoms with Crippen LogP contribution in [0.2, 0.25) is 0 Å². The Morgan fingerprint density at radius 2 is 2.15 bits per heavy atom. The van der Waals surface area contributed by atoms with Crippen molar-refractivity contribution < 1.29 is 9.47 Å². The molecule has 0 aromatic rings. The van der Waals surface area contributed by atoms with Gasteiger partial charge in [0.2, 0.25) is 0 Å². The highest BCUT2D eigenvalue weighted by atomic mass is 16.5. The number of nitrogens with one attached hydrogen (secondary N) is 1. The Morgan fingerprint density at radius 3 is 2.75 bits per heavy atom. The second-order valence-corrected chi connectivity index (χ2v) is 7.18. The van der Waals surface area contributed by atoms with Crippen LogP contribution in [0.5, 0.6) is 0 Å². The van der Waals surface area contributed by atoms with Crippen molar-refractivity contribution in [1.82, 2.24) is 5.32 Å². The number of hydrogen-bond acceptors (Lipinski definition) is 3. The first kappa shape index (κ1) is 14.8. The molecule has 0 bridgehead atoms. The van der Waals surface area contributed by atoms with Crippen molar-refractivity contribution in [3.8, 4) is 0 Å². The van der Waals surface area contributed by atoms with Gasteiger partial charge < -0.3 is 14.8 Å². The minimum absolute atomic E-state index is 0.283. The normalized spacial score (nSPS) is 37.2. The molecule has 1 heterocycles. The quantitative estimate of drug-likeness (QED) is 0.811. The van der Waals surface area contributed by atoms with Crippen LogP contribution in [-0.4, -0.2) is 38.0 Å². The SMILES string of the molecule is CCOC1CC(CC(NC)C2CCOC3(CCC3)C2)C1. The van der Waals surface area contributed by atoms with Crippen LogP contribution in [0.1, 0.15) is 58.3 Å². The van der Waals surface area contributed by atoms with E-state index in [1.807, 2.05) is 0 Å². The van der Waals surface area contributed by atoms with E-state index in [1.165, 1.54) is 51.4 Å². The fourth-order valence-electron chi connectivity index (χ4n) is 4.47. The Balaban J connectivity index is 1.47. The second kappa shape index (κ2) is 6.33. The first-order chi connectivity index (χ1) is 9.74. The van der Waals surface area contributed by atoms with E-state index in [4.69, 9.17) is 9.47 Å². The van der Waals surface area contributed by atoms with Gasteiger partial charge in [-0.3, -0.25) is 0 Å². The van der Waals surface area contributed by atoms with Gasteiger partial charge in [-0.1, -0.05) is 0 Å². The fourth-order valence-corrected chi connectivity index (χ4v) is 4.47. The van der Waals surface area contributed by atoms with Gasteiger partial charge in [0.05, 0.1) is 11.7 Å². The predicted octanol–water partition coefficient (Wildman–Crippen LogP) is 3.13. The third kappa shape index (κ3) is 3.05. The lowest BCUT2D eigenvalue weighted by Crippen LogP contribution is -2.50. The summed E-state index contributed by atoms with van der Waals surface area (Å²) in [4.78, 5) is 0. The monoisotopic (exact) mass is 281 g/mol. The van der Waals surface area contributed by atoms with E-state index in [2.05, 4.69) is 19.3 Å². The molecular weight excluding hydrogens is 250 g/mol. The van der Waals surface area contributed by atoms with Gasteiger partial charge in [-0.05, 0) is 77.2 Å². The van der Waals surface area contributed by atoms with Crippen LogP contribution in [0, 0.1) is 11.8 Å². The fraction of sp³-hybridized carbons (Fsp3) is 1.00. The van der Waals surface area contributed by atoms with Crippen LogP contribution in [0.25, 0.3) is 0 Å². The van der Waals surface area contributed by atoms with Crippen molar-refractivity contribution in [1.29, 1.82) is 0 Å². The van der Waals surface area contributed by atoms with Gasteiger partial charge in [-0.25, -0.2) is 0 Å². The Kier molecular flexibility index (Phi) is 4.68. The van der Waals surface area contributed by atoms with Crippen LogP contribution >= 0.6 is 0 Å². The summed E-state index contributed by atoms with van der Waals surface area (Å²) in [6.07, 6.45) is 11.0. The van der Waals surface area contributed by atoms with Gasteiger partial charge in [0, 0.05) is 19.3 Å². The molecule has 3 rings (SSSR count). The molecule has 3 aliphatic rings. The lowest BCUT2D eigenvalue weighted by atomic mass is 9.68. The highest BCUT2D eigenvalue weighted by molar-refractivity contribution is 4.97. The molecule has 3 fully saturated rings. The zero-order valence-electron chi connectivity index (χ0n) is 13.2. The Hall–Kier alpha value is -0.120. The zero-order chi connectivity index (χ0) is 14.0. The molecule has 1 spiro atoms. The van der Waals surface area contributed by atoms with Crippen molar-refractivity contribution in [3.05, 3.63) is 0 Å². The maximum absolute atomic E-state index is 6.07. The lowest BCUT2D eigenvalue weighted by Gasteiger charge is -2.49. The van der Waals surface area contributed by atoms with Crippen molar-refractivity contribution >= 4 is 0 Å². The highest BCUT2D eigenvalue weighted by Gasteiger charge is 2.44. The molecular formula is C17H31NO2. The van der Waals surface area contributed by atoms with Crippen LogP contribution in [0.15, 0.2) is 0 Å². The molecule has 3 heteroatoms. The minimum atomic E-state index is 0.283. The smallest absolute Gasteiger partial charge is 0.0685 e. The number of hydrogen-bond donors (Lipinski definition) is 1. The largest absolute Gasteiger partial charge is 0.378 e. The van der Waals surface area contributed by atoms with E-state index in [-0.39, 0.29) is 5.60 Å². The summed E-state index contributed by atoms with van der Waals surface area (Å²) in [7, 11) is 2.15. The number of rotatable bonds is 6. The molecule has 2 aliphatic carbocycles. The van der Waals surface area contributed by atoms with Crippen molar-refractivity contribution in [2.45, 2.75) is 76.0 Å². The molecule has 1 aliphatic heterocycles. The van der Waals surface area contributed by atoms with Crippen LogP contribution in [0.4, 0.5) is 0 Å². The zero-order valence-corrected chi connectivity index (χ0v) is 13.2. The summed E-state index contributed by atoms with van der Waals surface area (Å²) >= 11 is 0. The maximum atomic E-state index is 6.07. The van der Waals surface area contributed by atoms with Gasteiger partial charge in [-0.2, -0.15) is 0 Å². The van der Waals surface area contributed by atoms with Gasteiger partial charge in [0.25, 0.3) is 0 Å². The number of ether oxygens (including phenoxy) is 2. The van der Waals surface area contributed by atoms with E-state index in [0.29, 0.717) is 12.1 Å². The Bertz CT molecular complexity index is 310. The molecule has 116 valence electrons. The molecule has 2 atom stereocenters. The summed E-state index contributed by atoms with van der Waals surface area (Å²) in [6.45, 7) is 3.95. The molecule has 0 aromatic carbocycles.